The number of benzene rings is 3. The summed E-state index contributed by atoms with van der Waals surface area (Å²) in [4.78, 5) is 42.2. The summed E-state index contributed by atoms with van der Waals surface area (Å²) in [7, 11) is 0. The largest absolute Gasteiger partial charge is 0.512 e. The molecule has 1 heterocycles. The number of amides is 2. The highest BCUT2D eigenvalue weighted by molar-refractivity contribution is 6.30. The minimum absolute atomic E-state index is 0.0184. The number of aliphatic hydroxyl groups excluding tert-OH is 1. The van der Waals surface area contributed by atoms with E-state index in [9.17, 15) is 19.5 Å². The number of allylic oxidation sites excluding steroid dienone is 1. The van der Waals surface area contributed by atoms with Crippen molar-refractivity contribution in [3.63, 3.8) is 0 Å². The van der Waals surface area contributed by atoms with Gasteiger partial charge in [0, 0.05) is 30.2 Å². The first-order valence-corrected chi connectivity index (χ1v) is 12.5. The molecule has 0 fully saturated rings. The van der Waals surface area contributed by atoms with Crippen LogP contribution in [-0.2, 0) is 24.5 Å². The van der Waals surface area contributed by atoms with Crippen LogP contribution in [0.3, 0.4) is 0 Å². The van der Waals surface area contributed by atoms with Crippen LogP contribution in [0.2, 0.25) is 5.02 Å². The number of imide groups is 1. The molecule has 2 amide bonds. The van der Waals surface area contributed by atoms with Crippen molar-refractivity contribution in [1.29, 1.82) is 0 Å². The minimum Gasteiger partial charge on any atom is -0.512 e. The molecule has 0 bridgehead atoms. The monoisotopic (exact) mass is 515 g/mol. The van der Waals surface area contributed by atoms with Crippen LogP contribution in [0.4, 0.5) is 5.69 Å². The first kappa shape index (κ1) is 24.8. The Morgan fingerprint density at radius 3 is 2.30 bits per heavy atom. The van der Waals surface area contributed by atoms with Crippen molar-refractivity contribution in [1.82, 2.24) is 0 Å². The number of hydrogen-bond donors (Lipinski definition) is 1. The third-order valence-corrected chi connectivity index (χ3v) is 7.62. The number of carbonyl (C=O) groups is 3. The first-order valence-electron chi connectivity index (χ1n) is 12.2. The van der Waals surface area contributed by atoms with Gasteiger partial charge in [-0.05, 0) is 41.8 Å². The van der Waals surface area contributed by atoms with Crippen molar-refractivity contribution >= 4 is 35.1 Å². The molecule has 2 aliphatic rings. The number of esters is 1. The van der Waals surface area contributed by atoms with Gasteiger partial charge in [0.05, 0.1) is 23.3 Å². The maximum atomic E-state index is 14.7. The van der Waals surface area contributed by atoms with Gasteiger partial charge in [-0.25, -0.2) is 9.69 Å². The van der Waals surface area contributed by atoms with Gasteiger partial charge in [0.1, 0.15) is 5.76 Å². The molecule has 37 heavy (non-hydrogen) atoms. The molecule has 1 spiro atoms. The van der Waals surface area contributed by atoms with E-state index in [-0.39, 0.29) is 24.4 Å². The van der Waals surface area contributed by atoms with Gasteiger partial charge >= 0.3 is 5.97 Å². The number of aliphatic hydroxyl groups is 1. The number of ether oxygens (including phenoxy) is 1. The summed E-state index contributed by atoms with van der Waals surface area (Å²) in [5.41, 5.74) is 1.12. The van der Waals surface area contributed by atoms with Gasteiger partial charge in [-0.2, -0.15) is 0 Å². The second-order valence-electron chi connectivity index (χ2n) is 9.28. The van der Waals surface area contributed by atoms with Gasteiger partial charge in [-0.1, -0.05) is 72.3 Å². The highest BCUT2D eigenvalue weighted by Gasteiger charge is 2.65. The Bertz CT molecular complexity index is 1420. The molecule has 0 radical (unpaired) electrons. The van der Waals surface area contributed by atoms with Crippen molar-refractivity contribution in [2.75, 3.05) is 11.5 Å². The van der Waals surface area contributed by atoms with Crippen molar-refractivity contribution in [2.24, 2.45) is 0 Å². The molecule has 5 rings (SSSR count). The average molecular weight is 516 g/mol. The van der Waals surface area contributed by atoms with Gasteiger partial charge in [0.25, 0.3) is 0 Å². The summed E-state index contributed by atoms with van der Waals surface area (Å²) in [6.45, 7) is 3.14. The fraction of sp³-hybridized carbons (Fsp3) is 0.233. The van der Waals surface area contributed by atoms with E-state index in [1.807, 2.05) is 42.5 Å². The van der Waals surface area contributed by atoms with Crippen LogP contribution in [-0.4, -0.2) is 29.5 Å². The van der Waals surface area contributed by atoms with E-state index in [2.05, 4.69) is 0 Å². The molecule has 6 nitrogen and oxygen atoms in total. The van der Waals surface area contributed by atoms with E-state index in [0.29, 0.717) is 21.8 Å². The number of carbonyl (C=O) groups excluding carboxylic acids is 3. The number of hydrogen-bond acceptors (Lipinski definition) is 5. The quantitative estimate of drug-likeness (QED) is 0.443. The van der Waals surface area contributed by atoms with Gasteiger partial charge in [0.15, 0.2) is 0 Å². The fourth-order valence-electron chi connectivity index (χ4n) is 6.01. The van der Waals surface area contributed by atoms with Crippen molar-refractivity contribution in [3.05, 3.63) is 112 Å². The van der Waals surface area contributed by atoms with Crippen LogP contribution in [0.5, 0.6) is 0 Å². The van der Waals surface area contributed by atoms with Crippen LogP contribution >= 0.6 is 11.6 Å². The Morgan fingerprint density at radius 1 is 1.00 bits per heavy atom. The molecule has 0 saturated heterocycles. The van der Waals surface area contributed by atoms with E-state index < -0.39 is 35.0 Å². The lowest BCUT2D eigenvalue weighted by molar-refractivity contribution is -0.139. The zero-order chi connectivity index (χ0) is 26.3. The van der Waals surface area contributed by atoms with Crippen LogP contribution in [0, 0.1) is 0 Å². The SMILES string of the molecule is CCOC(=O)C1=C(O)CC(c2ccccc2)C2(C(=O)N(C(C)=O)c3ccccc32)C1c1ccc(Cl)cc1. The number of halogens is 1. The molecule has 3 unspecified atom stereocenters. The lowest BCUT2D eigenvalue weighted by Gasteiger charge is -2.46. The topological polar surface area (TPSA) is 83.9 Å². The molecule has 3 atom stereocenters. The van der Waals surface area contributed by atoms with Crippen molar-refractivity contribution in [3.8, 4) is 0 Å². The van der Waals surface area contributed by atoms with Gasteiger partial charge in [0.2, 0.25) is 11.8 Å². The van der Waals surface area contributed by atoms with Crippen LogP contribution < -0.4 is 4.90 Å². The third kappa shape index (κ3) is 3.75. The number of anilines is 1. The summed E-state index contributed by atoms with van der Waals surface area (Å²) >= 11 is 6.21. The minimum atomic E-state index is -1.41. The van der Waals surface area contributed by atoms with E-state index in [1.54, 1.807) is 43.3 Å². The molecule has 188 valence electrons. The fourth-order valence-corrected chi connectivity index (χ4v) is 6.14. The van der Waals surface area contributed by atoms with Gasteiger partial charge in [-0.15, -0.1) is 0 Å². The predicted octanol–water partition coefficient (Wildman–Crippen LogP) is 5.82. The second-order valence-corrected chi connectivity index (χ2v) is 9.71. The van der Waals surface area contributed by atoms with E-state index in [0.717, 1.165) is 5.56 Å². The molecule has 0 aromatic heterocycles. The van der Waals surface area contributed by atoms with E-state index >= 15 is 0 Å². The molecular formula is C30H26ClNO5. The first-order chi connectivity index (χ1) is 17.8. The lowest BCUT2D eigenvalue weighted by atomic mass is 9.53. The molecule has 7 heteroatoms. The number of nitrogens with zero attached hydrogens (tertiary/aromatic N) is 1. The number of fused-ring (bicyclic) bond motifs is 2. The molecule has 3 aromatic carbocycles. The van der Waals surface area contributed by atoms with Crippen molar-refractivity contribution in [2.45, 2.75) is 37.5 Å². The van der Waals surface area contributed by atoms with Crippen LogP contribution in [0.15, 0.2) is 90.2 Å². The smallest absolute Gasteiger partial charge is 0.338 e. The van der Waals surface area contributed by atoms with Gasteiger partial charge < -0.3 is 9.84 Å². The molecule has 1 N–H and O–H groups in total. The predicted molar refractivity (Wildman–Crippen MR) is 141 cm³/mol. The summed E-state index contributed by atoms with van der Waals surface area (Å²) in [6, 6.07) is 23.5. The van der Waals surface area contributed by atoms with E-state index in [1.165, 1.54) is 11.8 Å². The Hall–Kier alpha value is -3.90. The second kappa shape index (κ2) is 9.52. The molecule has 0 saturated carbocycles. The maximum absolute atomic E-state index is 14.7. The third-order valence-electron chi connectivity index (χ3n) is 7.37. The summed E-state index contributed by atoms with van der Waals surface area (Å²) in [6.07, 6.45) is 0.0219. The average Bonchev–Trinajstić information content (AvgIpc) is 3.15. The molecule has 1 aliphatic carbocycles. The molecule has 3 aromatic rings. The summed E-state index contributed by atoms with van der Waals surface area (Å²) in [5.74, 6) is -3.22. The zero-order valence-electron chi connectivity index (χ0n) is 20.5. The Morgan fingerprint density at radius 2 is 1.65 bits per heavy atom. The summed E-state index contributed by atoms with van der Waals surface area (Å²) in [5, 5.41) is 11.9. The highest BCUT2D eigenvalue weighted by Crippen LogP contribution is 2.63. The highest BCUT2D eigenvalue weighted by atomic mass is 35.5. The summed E-state index contributed by atoms with van der Waals surface area (Å²) < 4.78 is 5.39. The molecular weight excluding hydrogens is 490 g/mol. The lowest BCUT2D eigenvalue weighted by Crippen LogP contribution is -2.53. The van der Waals surface area contributed by atoms with Crippen LogP contribution in [0.25, 0.3) is 0 Å². The Kier molecular flexibility index (Phi) is 6.38. The Labute approximate surface area is 220 Å². The standard InChI is InChI=1S/C30H26ClNO5/c1-3-37-28(35)26-25(34)17-23(19-9-5-4-6-10-19)30(27(26)20-13-15-21(31)16-14-20)22-11-7-8-12-24(22)32(18(2)33)29(30)36/h4-16,23,27,34H,3,17H2,1-2H3. The Balaban J connectivity index is 1.92. The molecule has 1 aliphatic heterocycles. The van der Waals surface area contributed by atoms with Gasteiger partial charge in [-0.3, -0.25) is 9.59 Å². The number of rotatable bonds is 4. The normalized spacial score (nSPS) is 22.8. The van der Waals surface area contributed by atoms with E-state index in [4.69, 9.17) is 16.3 Å². The van der Waals surface area contributed by atoms with Crippen LogP contribution in [0.1, 0.15) is 48.8 Å². The zero-order valence-corrected chi connectivity index (χ0v) is 21.2. The van der Waals surface area contributed by atoms with Crippen molar-refractivity contribution < 1.29 is 24.2 Å². The maximum Gasteiger partial charge on any atom is 0.338 e. The number of para-hydroxylation sites is 1.